The predicted molar refractivity (Wildman–Crippen MR) is 96.3 cm³/mol. The topological polar surface area (TPSA) is 80.9 Å². The summed E-state index contributed by atoms with van der Waals surface area (Å²) < 4.78 is 1.55. The van der Waals surface area contributed by atoms with Crippen molar-refractivity contribution in [1.82, 2.24) is 20.2 Å². The molecule has 0 fully saturated rings. The Morgan fingerprint density at radius 2 is 1.84 bits per heavy atom. The van der Waals surface area contributed by atoms with Crippen molar-refractivity contribution in [3.63, 3.8) is 0 Å². The number of Topliss-reactive ketones (excluding diaryl/α,β-unsaturated/α-hetero) is 1. The molecule has 0 spiro atoms. The standard InChI is InChI=1S/C18H18N4O2S/c1-3-13-4-6-14(7-5-13)17(24)12(2)25-18-19-20-21-22(18)15-8-10-16(23)11-9-15/h4-12,23H,3H2,1-2H3. The highest BCUT2D eigenvalue weighted by molar-refractivity contribution is 8.00. The quantitative estimate of drug-likeness (QED) is 0.540. The number of aryl methyl sites for hydroxylation is 1. The van der Waals surface area contributed by atoms with Gasteiger partial charge in [-0.2, -0.15) is 4.68 Å². The first kappa shape index (κ1) is 17.2. The number of aromatic hydroxyl groups is 1. The maximum Gasteiger partial charge on any atom is 0.214 e. The van der Waals surface area contributed by atoms with Gasteiger partial charge in [0.15, 0.2) is 5.78 Å². The molecule has 1 aromatic heterocycles. The molecule has 25 heavy (non-hydrogen) atoms. The molecule has 1 unspecified atom stereocenters. The van der Waals surface area contributed by atoms with E-state index in [1.165, 1.54) is 17.3 Å². The summed E-state index contributed by atoms with van der Waals surface area (Å²) in [6.45, 7) is 3.93. The van der Waals surface area contributed by atoms with Gasteiger partial charge in [0.25, 0.3) is 0 Å². The number of thioether (sulfide) groups is 1. The van der Waals surface area contributed by atoms with Gasteiger partial charge in [0.05, 0.1) is 10.9 Å². The number of hydrogen-bond donors (Lipinski definition) is 1. The van der Waals surface area contributed by atoms with Crippen LogP contribution in [0.5, 0.6) is 5.75 Å². The number of nitrogens with zero attached hydrogens (tertiary/aromatic N) is 4. The first-order valence-corrected chi connectivity index (χ1v) is 8.84. The van der Waals surface area contributed by atoms with Crippen LogP contribution in [-0.4, -0.2) is 36.3 Å². The van der Waals surface area contributed by atoms with Gasteiger partial charge < -0.3 is 5.11 Å². The first-order chi connectivity index (χ1) is 12.1. The van der Waals surface area contributed by atoms with E-state index in [9.17, 15) is 9.90 Å². The summed E-state index contributed by atoms with van der Waals surface area (Å²) >= 11 is 1.30. The molecule has 1 N–H and O–H groups in total. The molecule has 0 aliphatic carbocycles. The lowest BCUT2D eigenvalue weighted by Crippen LogP contribution is -2.14. The summed E-state index contributed by atoms with van der Waals surface area (Å²) in [6, 6.07) is 14.2. The normalized spacial score (nSPS) is 12.1. The summed E-state index contributed by atoms with van der Waals surface area (Å²) in [7, 11) is 0. The van der Waals surface area contributed by atoms with Crippen LogP contribution in [0.25, 0.3) is 5.69 Å². The molecule has 0 aliphatic rings. The van der Waals surface area contributed by atoms with Crippen LogP contribution in [0.2, 0.25) is 0 Å². The summed E-state index contributed by atoms with van der Waals surface area (Å²) in [5, 5.41) is 21.3. The average molecular weight is 354 g/mol. The van der Waals surface area contributed by atoms with E-state index in [-0.39, 0.29) is 16.8 Å². The molecule has 6 nitrogen and oxygen atoms in total. The number of hydrogen-bond acceptors (Lipinski definition) is 6. The molecular formula is C18H18N4O2S. The fraction of sp³-hybridized carbons (Fsp3) is 0.222. The molecule has 0 amide bonds. The Labute approximate surface area is 149 Å². The molecule has 0 aliphatic heterocycles. The number of phenolic OH excluding ortho intramolecular Hbond substituents is 1. The maximum atomic E-state index is 12.6. The number of benzene rings is 2. The SMILES string of the molecule is CCc1ccc(C(=O)C(C)Sc2nnnn2-c2ccc(O)cc2)cc1. The lowest BCUT2D eigenvalue weighted by molar-refractivity contribution is 0.0994. The lowest BCUT2D eigenvalue weighted by Gasteiger charge is -2.10. The van der Waals surface area contributed by atoms with E-state index in [0.717, 1.165) is 12.1 Å². The van der Waals surface area contributed by atoms with Crippen LogP contribution in [0.3, 0.4) is 0 Å². The van der Waals surface area contributed by atoms with Crippen molar-refractivity contribution in [1.29, 1.82) is 0 Å². The van der Waals surface area contributed by atoms with E-state index >= 15 is 0 Å². The van der Waals surface area contributed by atoms with Crippen molar-refractivity contribution in [2.75, 3.05) is 0 Å². The molecule has 0 saturated heterocycles. The van der Waals surface area contributed by atoms with Gasteiger partial charge in [-0.3, -0.25) is 4.79 Å². The van der Waals surface area contributed by atoms with Gasteiger partial charge in [0.2, 0.25) is 5.16 Å². The second kappa shape index (κ2) is 7.48. The summed E-state index contributed by atoms with van der Waals surface area (Å²) in [4.78, 5) is 12.6. The number of carbonyl (C=O) groups is 1. The predicted octanol–water partition coefficient (Wildman–Crippen LogP) is 3.29. The van der Waals surface area contributed by atoms with E-state index in [1.54, 1.807) is 28.9 Å². The molecule has 3 aromatic rings. The molecular weight excluding hydrogens is 336 g/mol. The first-order valence-electron chi connectivity index (χ1n) is 7.96. The fourth-order valence-electron chi connectivity index (χ4n) is 2.36. The van der Waals surface area contributed by atoms with Crippen LogP contribution in [0, 0.1) is 0 Å². The van der Waals surface area contributed by atoms with Crippen LogP contribution in [-0.2, 0) is 6.42 Å². The second-order valence-corrected chi connectivity index (χ2v) is 6.87. The number of tetrazole rings is 1. The van der Waals surface area contributed by atoms with Gasteiger partial charge in [-0.05, 0) is 53.6 Å². The minimum absolute atomic E-state index is 0.0351. The third kappa shape index (κ3) is 3.88. The molecule has 0 bridgehead atoms. The van der Waals surface area contributed by atoms with E-state index in [2.05, 4.69) is 22.4 Å². The van der Waals surface area contributed by atoms with E-state index in [0.29, 0.717) is 10.7 Å². The molecule has 2 aromatic carbocycles. The van der Waals surface area contributed by atoms with Gasteiger partial charge in [0, 0.05) is 5.56 Å². The molecule has 1 atom stereocenters. The van der Waals surface area contributed by atoms with Gasteiger partial charge in [-0.15, -0.1) is 5.10 Å². The van der Waals surface area contributed by atoms with Crippen molar-refractivity contribution in [3.8, 4) is 11.4 Å². The number of carbonyl (C=O) groups excluding carboxylic acids is 1. The molecule has 1 heterocycles. The van der Waals surface area contributed by atoms with Crippen molar-refractivity contribution in [2.45, 2.75) is 30.7 Å². The van der Waals surface area contributed by atoms with Gasteiger partial charge in [-0.25, -0.2) is 0 Å². The van der Waals surface area contributed by atoms with E-state index in [4.69, 9.17) is 0 Å². The van der Waals surface area contributed by atoms with E-state index in [1.807, 2.05) is 31.2 Å². The Bertz CT molecular complexity index is 860. The average Bonchev–Trinajstić information content (AvgIpc) is 3.10. The van der Waals surface area contributed by atoms with Gasteiger partial charge >= 0.3 is 0 Å². The zero-order chi connectivity index (χ0) is 17.8. The van der Waals surface area contributed by atoms with Crippen molar-refractivity contribution in [2.24, 2.45) is 0 Å². The zero-order valence-corrected chi connectivity index (χ0v) is 14.8. The molecule has 128 valence electrons. The van der Waals surface area contributed by atoms with Crippen LogP contribution in [0.1, 0.15) is 29.8 Å². The summed E-state index contributed by atoms with van der Waals surface area (Å²) in [5.74, 6) is 0.206. The number of ketones is 1. The van der Waals surface area contributed by atoms with Crippen LogP contribution in [0.15, 0.2) is 53.7 Å². The fourth-order valence-corrected chi connectivity index (χ4v) is 3.24. The monoisotopic (exact) mass is 354 g/mol. The molecule has 7 heteroatoms. The van der Waals surface area contributed by atoms with Crippen molar-refractivity contribution in [3.05, 3.63) is 59.7 Å². The summed E-state index contributed by atoms with van der Waals surface area (Å²) in [5.41, 5.74) is 2.60. The maximum absolute atomic E-state index is 12.6. The number of phenols is 1. The highest BCUT2D eigenvalue weighted by atomic mass is 32.2. The summed E-state index contributed by atoms with van der Waals surface area (Å²) in [6.07, 6.45) is 0.945. The van der Waals surface area contributed by atoms with E-state index < -0.39 is 0 Å². The van der Waals surface area contributed by atoms with Gasteiger partial charge in [-0.1, -0.05) is 43.0 Å². The van der Waals surface area contributed by atoms with Crippen LogP contribution < -0.4 is 0 Å². The van der Waals surface area contributed by atoms with Crippen molar-refractivity contribution >= 4 is 17.5 Å². The smallest absolute Gasteiger partial charge is 0.214 e. The Hall–Kier alpha value is -2.67. The Morgan fingerprint density at radius 3 is 2.48 bits per heavy atom. The molecule has 0 radical (unpaired) electrons. The third-order valence-electron chi connectivity index (χ3n) is 3.83. The number of rotatable bonds is 6. The largest absolute Gasteiger partial charge is 0.508 e. The minimum atomic E-state index is -0.325. The van der Waals surface area contributed by atoms with Crippen LogP contribution >= 0.6 is 11.8 Å². The Balaban J connectivity index is 1.77. The lowest BCUT2D eigenvalue weighted by atomic mass is 10.1. The highest BCUT2D eigenvalue weighted by Gasteiger charge is 2.20. The third-order valence-corrected chi connectivity index (χ3v) is 4.87. The number of aromatic nitrogens is 4. The second-order valence-electron chi connectivity index (χ2n) is 5.56. The minimum Gasteiger partial charge on any atom is -0.508 e. The Kier molecular flexibility index (Phi) is 5.14. The molecule has 3 rings (SSSR count). The zero-order valence-electron chi connectivity index (χ0n) is 14.0. The molecule has 0 saturated carbocycles. The Morgan fingerprint density at radius 1 is 1.16 bits per heavy atom. The van der Waals surface area contributed by atoms with Gasteiger partial charge in [0.1, 0.15) is 5.75 Å². The van der Waals surface area contributed by atoms with Crippen molar-refractivity contribution < 1.29 is 9.90 Å². The highest BCUT2D eigenvalue weighted by Crippen LogP contribution is 2.26. The van der Waals surface area contributed by atoms with Crippen LogP contribution in [0.4, 0.5) is 0 Å².